The predicted octanol–water partition coefficient (Wildman–Crippen LogP) is 3.83. The molecule has 0 aliphatic carbocycles. The van der Waals surface area contributed by atoms with E-state index < -0.39 is 0 Å². The van der Waals surface area contributed by atoms with Gasteiger partial charge >= 0.3 is 0 Å². The molecule has 0 bridgehead atoms. The van der Waals surface area contributed by atoms with Gasteiger partial charge < -0.3 is 10.6 Å². The molecule has 0 atom stereocenters. The van der Waals surface area contributed by atoms with Crippen LogP contribution in [0.15, 0.2) is 55.1 Å². The van der Waals surface area contributed by atoms with E-state index in [-0.39, 0.29) is 5.91 Å². The summed E-state index contributed by atoms with van der Waals surface area (Å²) >= 11 is 0. The Hall–Kier alpha value is -2.55. The number of nitrogens with one attached hydrogen (secondary N) is 2. The molecule has 114 valence electrons. The maximum atomic E-state index is 12.1. The number of carbonyl (C=O) groups is 1. The normalized spacial score (nSPS) is 10.1. The van der Waals surface area contributed by atoms with E-state index in [1.54, 1.807) is 6.08 Å². The summed E-state index contributed by atoms with van der Waals surface area (Å²) in [6, 6.07) is 14.0. The van der Waals surface area contributed by atoms with Crippen molar-refractivity contribution in [2.75, 3.05) is 11.9 Å². The topological polar surface area (TPSA) is 41.1 Å². The van der Waals surface area contributed by atoms with E-state index in [0.717, 1.165) is 5.69 Å². The predicted molar refractivity (Wildman–Crippen MR) is 92.2 cm³/mol. The van der Waals surface area contributed by atoms with Crippen LogP contribution >= 0.6 is 0 Å². The van der Waals surface area contributed by atoms with Crippen molar-refractivity contribution in [1.29, 1.82) is 0 Å². The fourth-order valence-electron chi connectivity index (χ4n) is 2.46. The van der Waals surface area contributed by atoms with Crippen LogP contribution in [0.1, 0.15) is 27.0 Å². The Balaban J connectivity index is 2.12. The van der Waals surface area contributed by atoms with Gasteiger partial charge in [0.2, 0.25) is 0 Å². The minimum atomic E-state index is -0.0941. The lowest BCUT2D eigenvalue weighted by Gasteiger charge is -2.12. The Morgan fingerprint density at radius 1 is 1.14 bits per heavy atom. The number of hydrogen-bond donors (Lipinski definition) is 2. The van der Waals surface area contributed by atoms with Gasteiger partial charge in [0.05, 0.1) is 5.56 Å². The Kier molecular flexibility index (Phi) is 5.37. The minimum Gasteiger partial charge on any atom is -0.380 e. The summed E-state index contributed by atoms with van der Waals surface area (Å²) < 4.78 is 0. The zero-order valence-electron chi connectivity index (χ0n) is 13.1. The first-order chi connectivity index (χ1) is 10.6. The first kappa shape index (κ1) is 15.8. The highest BCUT2D eigenvalue weighted by atomic mass is 16.1. The molecule has 2 aromatic carbocycles. The second kappa shape index (κ2) is 7.46. The lowest BCUT2D eigenvalue weighted by molar-refractivity contribution is 0.0959. The number of rotatable bonds is 6. The fourth-order valence-corrected chi connectivity index (χ4v) is 2.46. The number of aryl methyl sites for hydroxylation is 2. The highest BCUT2D eigenvalue weighted by Crippen LogP contribution is 2.17. The maximum absolute atomic E-state index is 12.1. The summed E-state index contributed by atoms with van der Waals surface area (Å²) in [5.74, 6) is -0.0941. The van der Waals surface area contributed by atoms with Crippen LogP contribution in [-0.2, 0) is 6.54 Å². The van der Waals surface area contributed by atoms with Gasteiger partial charge in [-0.2, -0.15) is 0 Å². The van der Waals surface area contributed by atoms with E-state index in [4.69, 9.17) is 0 Å². The zero-order valence-corrected chi connectivity index (χ0v) is 13.1. The molecular formula is C19H22N2O. The lowest BCUT2D eigenvalue weighted by atomic mass is 10.1. The van der Waals surface area contributed by atoms with Gasteiger partial charge in [-0.15, -0.1) is 6.58 Å². The van der Waals surface area contributed by atoms with Crippen LogP contribution in [0, 0.1) is 13.8 Å². The van der Waals surface area contributed by atoms with E-state index in [9.17, 15) is 4.79 Å². The van der Waals surface area contributed by atoms with Gasteiger partial charge in [-0.25, -0.2) is 0 Å². The Bertz CT molecular complexity index is 657. The first-order valence-corrected chi connectivity index (χ1v) is 7.39. The maximum Gasteiger partial charge on any atom is 0.253 e. The molecule has 3 nitrogen and oxygen atoms in total. The summed E-state index contributed by atoms with van der Waals surface area (Å²) in [6.45, 7) is 8.94. The molecule has 0 radical (unpaired) electrons. The van der Waals surface area contributed by atoms with Gasteiger partial charge in [0, 0.05) is 18.8 Å². The average Bonchev–Trinajstić information content (AvgIpc) is 2.50. The van der Waals surface area contributed by atoms with Crippen LogP contribution < -0.4 is 10.6 Å². The molecule has 0 heterocycles. The molecule has 3 heteroatoms. The van der Waals surface area contributed by atoms with Crippen molar-refractivity contribution in [2.45, 2.75) is 20.4 Å². The molecule has 0 spiro atoms. The largest absolute Gasteiger partial charge is 0.380 e. The number of hydrogen-bond acceptors (Lipinski definition) is 2. The molecule has 0 aliphatic heterocycles. The van der Waals surface area contributed by atoms with Gasteiger partial charge in [-0.1, -0.05) is 47.5 Å². The van der Waals surface area contributed by atoms with Crippen LogP contribution in [0.25, 0.3) is 0 Å². The molecule has 2 N–H and O–H groups in total. The molecule has 0 unspecified atom stereocenters. The summed E-state index contributed by atoms with van der Waals surface area (Å²) in [7, 11) is 0. The van der Waals surface area contributed by atoms with E-state index in [1.807, 2.05) is 24.3 Å². The average molecular weight is 294 g/mol. The molecule has 0 saturated carbocycles. The van der Waals surface area contributed by atoms with Gasteiger partial charge in [0.15, 0.2) is 0 Å². The van der Waals surface area contributed by atoms with Crippen molar-refractivity contribution in [2.24, 2.45) is 0 Å². The van der Waals surface area contributed by atoms with Crippen molar-refractivity contribution >= 4 is 11.6 Å². The number of benzene rings is 2. The fraction of sp³-hybridized carbons (Fsp3) is 0.211. The second-order valence-corrected chi connectivity index (χ2v) is 5.39. The van der Waals surface area contributed by atoms with Crippen LogP contribution in [0.3, 0.4) is 0 Å². The van der Waals surface area contributed by atoms with Crippen molar-refractivity contribution in [3.8, 4) is 0 Å². The molecule has 22 heavy (non-hydrogen) atoms. The molecule has 0 aromatic heterocycles. The van der Waals surface area contributed by atoms with Gasteiger partial charge in [0.1, 0.15) is 0 Å². The van der Waals surface area contributed by atoms with Crippen molar-refractivity contribution in [3.05, 3.63) is 77.4 Å². The summed E-state index contributed by atoms with van der Waals surface area (Å²) in [5, 5.41) is 6.16. The van der Waals surface area contributed by atoms with Crippen LogP contribution in [0.2, 0.25) is 0 Å². The van der Waals surface area contributed by atoms with E-state index in [0.29, 0.717) is 18.7 Å². The van der Waals surface area contributed by atoms with E-state index in [1.165, 1.54) is 16.7 Å². The Labute approximate surface area is 132 Å². The summed E-state index contributed by atoms with van der Waals surface area (Å²) in [5.41, 5.74) is 5.18. The van der Waals surface area contributed by atoms with E-state index >= 15 is 0 Å². The zero-order chi connectivity index (χ0) is 15.9. The standard InChI is InChI=1S/C19H22N2O/c1-4-9-20-19(22)17-7-5-6-8-18(17)21-13-16-11-14(2)10-15(3)12-16/h4-8,10-12,21H,1,9,13H2,2-3H3,(H,20,22). The summed E-state index contributed by atoms with van der Waals surface area (Å²) in [6.07, 6.45) is 1.67. The lowest BCUT2D eigenvalue weighted by Crippen LogP contribution is -2.24. The smallest absolute Gasteiger partial charge is 0.253 e. The molecular weight excluding hydrogens is 272 g/mol. The molecule has 2 rings (SSSR count). The van der Waals surface area contributed by atoms with Gasteiger partial charge in [0.25, 0.3) is 5.91 Å². The van der Waals surface area contributed by atoms with Gasteiger partial charge in [-0.05, 0) is 31.5 Å². The SMILES string of the molecule is C=CCNC(=O)c1ccccc1NCc1cc(C)cc(C)c1. The Morgan fingerprint density at radius 2 is 1.82 bits per heavy atom. The van der Waals surface area contributed by atoms with Crippen LogP contribution in [-0.4, -0.2) is 12.5 Å². The number of anilines is 1. The Morgan fingerprint density at radius 3 is 2.50 bits per heavy atom. The summed E-state index contributed by atoms with van der Waals surface area (Å²) in [4.78, 5) is 12.1. The van der Waals surface area contributed by atoms with Crippen molar-refractivity contribution < 1.29 is 4.79 Å². The third-order valence-electron chi connectivity index (χ3n) is 3.34. The first-order valence-electron chi connectivity index (χ1n) is 7.39. The van der Waals surface area contributed by atoms with Gasteiger partial charge in [-0.3, -0.25) is 4.79 Å². The van der Waals surface area contributed by atoms with E-state index in [2.05, 4.69) is 49.3 Å². The van der Waals surface area contributed by atoms with Crippen LogP contribution in [0.5, 0.6) is 0 Å². The highest BCUT2D eigenvalue weighted by molar-refractivity contribution is 5.99. The van der Waals surface area contributed by atoms with Crippen LogP contribution in [0.4, 0.5) is 5.69 Å². The minimum absolute atomic E-state index is 0.0941. The highest BCUT2D eigenvalue weighted by Gasteiger charge is 2.09. The monoisotopic (exact) mass is 294 g/mol. The third kappa shape index (κ3) is 4.22. The van der Waals surface area contributed by atoms with Crippen molar-refractivity contribution in [1.82, 2.24) is 5.32 Å². The number of amides is 1. The number of para-hydroxylation sites is 1. The molecule has 0 saturated heterocycles. The molecule has 0 aliphatic rings. The quantitative estimate of drug-likeness (QED) is 0.795. The van der Waals surface area contributed by atoms with Crippen molar-refractivity contribution in [3.63, 3.8) is 0 Å². The third-order valence-corrected chi connectivity index (χ3v) is 3.34. The number of carbonyl (C=O) groups excluding carboxylic acids is 1. The molecule has 0 fully saturated rings. The second-order valence-electron chi connectivity index (χ2n) is 5.39. The molecule has 1 amide bonds. The molecule has 2 aromatic rings.